The van der Waals surface area contributed by atoms with Crippen LogP contribution in [0.5, 0.6) is 0 Å². The molecule has 0 spiro atoms. The summed E-state index contributed by atoms with van der Waals surface area (Å²) in [5.74, 6) is -9.12. The molecular weight excluding hydrogens is 1100 g/mol. The lowest BCUT2D eigenvalue weighted by Gasteiger charge is -2.37. The maximum atomic E-state index is 15.0. The van der Waals surface area contributed by atoms with Gasteiger partial charge in [-0.05, 0) is 88.2 Å². The lowest BCUT2D eigenvalue weighted by molar-refractivity contribution is -0.150. The molecule has 0 radical (unpaired) electrons. The van der Waals surface area contributed by atoms with Crippen molar-refractivity contribution in [3.05, 3.63) is 71.8 Å². The number of carbonyl (C=O) groups excluding carboxylic acids is 11. The molecule has 3 aliphatic rings. The van der Waals surface area contributed by atoms with Crippen LogP contribution < -0.4 is 31.9 Å². The first-order valence-corrected chi connectivity index (χ1v) is 30.7. The summed E-state index contributed by atoms with van der Waals surface area (Å²) in [6.07, 6.45) is 1.58. The minimum atomic E-state index is -1.68. The van der Waals surface area contributed by atoms with Crippen LogP contribution in [0, 0.1) is 17.8 Å². The summed E-state index contributed by atoms with van der Waals surface area (Å²) in [6.45, 7) is 16.1. The molecular formula is C63H95N11O12. The van der Waals surface area contributed by atoms with Gasteiger partial charge in [-0.15, -0.1) is 0 Å². The van der Waals surface area contributed by atoms with Gasteiger partial charge in [0.25, 0.3) is 0 Å². The van der Waals surface area contributed by atoms with E-state index in [0.717, 1.165) is 34.0 Å². The molecule has 0 aliphatic carbocycles. The van der Waals surface area contributed by atoms with Gasteiger partial charge in [-0.2, -0.15) is 0 Å². The van der Waals surface area contributed by atoms with E-state index in [1.165, 1.54) is 46.8 Å². The number of hydrogen-bond acceptors (Lipinski definition) is 12. The van der Waals surface area contributed by atoms with Crippen LogP contribution in [0.2, 0.25) is 0 Å². The predicted octanol–water partition coefficient (Wildman–Crippen LogP) is 1.83. The molecule has 13 atom stereocenters. The highest BCUT2D eigenvalue weighted by atomic mass is 16.3. The second-order valence-corrected chi connectivity index (χ2v) is 24.2. The Morgan fingerprint density at radius 3 is 1.67 bits per heavy atom. The molecule has 23 nitrogen and oxygen atoms in total. The maximum Gasteiger partial charge on any atom is 0.248 e. The number of rotatable bonds is 14. The van der Waals surface area contributed by atoms with Crippen LogP contribution >= 0.6 is 0 Å². The normalized spacial score (nSPS) is 26.7. The summed E-state index contributed by atoms with van der Waals surface area (Å²) in [4.78, 5) is 167. The van der Waals surface area contributed by atoms with E-state index in [-0.39, 0.29) is 50.0 Å². The fourth-order valence-corrected chi connectivity index (χ4v) is 11.2. The van der Waals surface area contributed by atoms with E-state index in [1.807, 2.05) is 27.7 Å². The predicted molar refractivity (Wildman–Crippen MR) is 323 cm³/mol. The van der Waals surface area contributed by atoms with Crippen molar-refractivity contribution in [2.45, 2.75) is 199 Å². The zero-order valence-corrected chi connectivity index (χ0v) is 52.4. The Hall–Kier alpha value is -7.43. The second kappa shape index (κ2) is 32.3. The van der Waals surface area contributed by atoms with Crippen molar-refractivity contribution < 1.29 is 57.8 Å². The average molecular weight is 1200 g/mol. The van der Waals surface area contributed by atoms with E-state index < -0.39 is 138 Å². The zero-order valence-electron chi connectivity index (χ0n) is 52.4. The second-order valence-electron chi connectivity index (χ2n) is 24.2. The van der Waals surface area contributed by atoms with Gasteiger partial charge in [0.2, 0.25) is 65.0 Å². The number of piperidine rings is 1. The SMILES string of the molecule is CC[C@H](C)[C@H](NC(=O)[C@@H]1CC(=O)N[C@@H](C)C(=O)N[C@@H]([C@@H](C)CC)C(=O)N(C)[C@@H](C)C(=O)N(C)[C@@H](Cc2ccccc2)C(=O)N[C@@H]([C@@H](C)O)C(=O)N(C)[C@@H](Cc2ccccc2)C(=O)N[C@@H](CC(C)C)C(=O)N2CCC[C@H]2C(=O)N1)C(=O)N1CCCCC1. The lowest BCUT2D eigenvalue weighted by atomic mass is 9.96. The molecule has 3 aliphatic heterocycles. The van der Waals surface area contributed by atoms with E-state index >= 15 is 4.79 Å². The van der Waals surface area contributed by atoms with Crippen LogP contribution in [0.25, 0.3) is 0 Å². The lowest BCUT2D eigenvalue weighted by Crippen LogP contribution is -2.63. The van der Waals surface area contributed by atoms with Crippen LogP contribution in [0.3, 0.4) is 0 Å². The van der Waals surface area contributed by atoms with E-state index in [4.69, 9.17) is 0 Å². The average Bonchev–Trinajstić information content (AvgIpc) is 3.83. The highest BCUT2D eigenvalue weighted by Crippen LogP contribution is 2.24. The molecule has 3 heterocycles. The first-order valence-electron chi connectivity index (χ1n) is 30.7. The third-order valence-electron chi connectivity index (χ3n) is 17.3. The van der Waals surface area contributed by atoms with Crippen LogP contribution in [0.1, 0.15) is 131 Å². The van der Waals surface area contributed by atoms with Crippen molar-refractivity contribution in [2.75, 3.05) is 40.8 Å². The van der Waals surface area contributed by atoms with Crippen LogP contribution in [0.15, 0.2) is 60.7 Å². The van der Waals surface area contributed by atoms with Gasteiger partial charge in [0.1, 0.15) is 60.4 Å². The van der Waals surface area contributed by atoms with Gasteiger partial charge in [0, 0.05) is 53.6 Å². The highest BCUT2D eigenvalue weighted by molar-refractivity contribution is 6.00. The third-order valence-corrected chi connectivity index (χ3v) is 17.3. The Balaban J connectivity index is 1.62. The largest absolute Gasteiger partial charge is 0.391 e. The number of aliphatic hydroxyl groups is 1. The molecule has 3 fully saturated rings. The Kier molecular flexibility index (Phi) is 26.1. The molecule has 23 heteroatoms. The summed E-state index contributed by atoms with van der Waals surface area (Å²) in [5.41, 5.74) is 1.26. The summed E-state index contributed by atoms with van der Waals surface area (Å²) in [5, 5.41) is 27.8. The number of carbonyl (C=O) groups is 11. The molecule has 0 saturated carbocycles. The van der Waals surface area contributed by atoms with E-state index in [9.17, 15) is 53.1 Å². The van der Waals surface area contributed by atoms with Crippen molar-refractivity contribution in [1.82, 2.24) is 56.4 Å². The molecule has 3 saturated heterocycles. The minimum absolute atomic E-state index is 0.0722. The van der Waals surface area contributed by atoms with Crippen LogP contribution in [0.4, 0.5) is 0 Å². The molecule has 0 aromatic heterocycles. The molecule has 2 aromatic carbocycles. The zero-order chi connectivity index (χ0) is 63.7. The third kappa shape index (κ3) is 18.3. The molecule has 0 bridgehead atoms. The number of likely N-dealkylation sites (tertiary alicyclic amines) is 1. The Labute approximate surface area is 507 Å². The first kappa shape index (κ1) is 69.3. The molecule has 5 rings (SSSR count). The summed E-state index contributed by atoms with van der Waals surface area (Å²) in [6, 6.07) is 4.28. The summed E-state index contributed by atoms with van der Waals surface area (Å²) < 4.78 is 0. The minimum Gasteiger partial charge on any atom is -0.391 e. The fourth-order valence-electron chi connectivity index (χ4n) is 11.2. The number of nitrogens with one attached hydrogen (secondary N) is 6. The van der Waals surface area contributed by atoms with Crippen molar-refractivity contribution in [3.8, 4) is 0 Å². The van der Waals surface area contributed by atoms with E-state index in [2.05, 4.69) is 31.9 Å². The monoisotopic (exact) mass is 1200 g/mol. The van der Waals surface area contributed by atoms with E-state index in [0.29, 0.717) is 43.5 Å². The standard InChI is InChI=1S/C63H95N11O12/c1-13-38(5)51-61(84)70(10)41(8)59(82)71(11)49(35-44-27-20-16-21-28-44)58(81)69-53(42(9)75)62(85)72(12)48(34-43-25-18-15-19-26-43)57(80)66-46(33-37(3)4)60(83)74-32-24-29-47(74)56(79)65-45(36-50(76)64-40(7)54(77)67-51)55(78)68-52(39(6)14-2)63(86)73-30-22-17-23-31-73/h15-16,18-21,25-28,37-42,45-49,51-53,75H,13-14,17,22-24,29-36H2,1-12H3,(H,64,76)(H,65,79)(H,66,80)(H,67,77)(H,68,78)(H,69,81)/t38-,39-,40-,41-,42+,45-,46-,47-,48-,49-,51-,52-,53-/m0/s1. The van der Waals surface area contributed by atoms with Crippen molar-refractivity contribution in [1.29, 1.82) is 0 Å². The van der Waals surface area contributed by atoms with Gasteiger partial charge in [0.15, 0.2) is 0 Å². The Morgan fingerprint density at radius 1 is 0.605 bits per heavy atom. The van der Waals surface area contributed by atoms with Gasteiger partial charge in [0.05, 0.1) is 12.5 Å². The number of benzene rings is 2. The van der Waals surface area contributed by atoms with E-state index in [1.54, 1.807) is 79.4 Å². The van der Waals surface area contributed by atoms with Gasteiger partial charge in [-0.25, -0.2) is 0 Å². The Morgan fingerprint density at radius 2 is 1.14 bits per heavy atom. The maximum absolute atomic E-state index is 15.0. The number of aliphatic hydroxyl groups excluding tert-OH is 1. The molecule has 2 aromatic rings. The Bertz CT molecular complexity index is 2690. The molecule has 0 unspecified atom stereocenters. The molecule has 474 valence electrons. The molecule has 7 N–H and O–H groups in total. The quantitative estimate of drug-likeness (QED) is 0.143. The molecule has 86 heavy (non-hydrogen) atoms. The molecule has 11 amide bonds. The number of likely N-dealkylation sites (N-methyl/N-ethyl adjacent to an activating group) is 3. The van der Waals surface area contributed by atoms with Crippen molar-refractivity contribution >= 4 is 65.0 Å². The van der Waals surface area contributed by atoms with Crippen molar-refractivity contribution in [3.63, 3.8) is 0 Å². The van der Waals surface area contributed by atoms with Gasteiger partial charge < -0.3 is 61.5 Å². The van der Waals surface area contributed by atoms with Gasteiger partial charge in [-0.1, -0.05) is 115 Å². The number of nitrogens with zero attached hydrogens (tertiary/aromatic N) is 5. The topological polar surface area (TPSA) is 296 Å². The number of amides is 11. The smallest absolute Gasteiger partial charge is 0.248 e. The van der Waals surface area contributed by atoms with Gasteiger partial charge in [-0.3, -0.25) is 52.7 Å². The first-order chi connectivity index (χ1) is 40.7. The highest BCUT2D eigenvalue weighted by Gasteiger charge is 2.44. The van der Waals surface area contributed by atoms with Crippen molar-refractivity contribution in [2.24, 2.45) is 17.8 Å². The fraction of sp³-hybridized carbons (Fsp3) is 0.635. The van der Waals surface area contributed by atoms with Crippen LogP contribution in [-0.2, 0) is 65.6 Å². The van der Waals surface area contributed by atoms with Gasteiger partial charge >= 0.3 is 0 Å². The van der Waals surface area contributed by atoms with Crippen LogP contribution in [-0.4, -0.2) is 202 Å². The number of hydrogen-bond donors (Lipinski definition) is 7. The summed E-state index contributed by atoms with van der Waals surface area (Å²) >= 11 is 0. The number of fused-ring (bicyclic) bond motifs is 1. The summed E-state index contributed by atoms with van der Waals surface area (Å²) in [7, 11) is 4.11.